The highest BCUT2D eigenvalue weighted by molar-refractivity contribution is 5.69. The molecule has 2 aromatic rings. The monoisotopic (exact) mass is 286 g/mol. The summed E-state index contributed by atoms with van der Waals surface area (Å²) >= 11 is 0. The number of benzene rings is 1. The van der Waals surface area contributed by atoms with E-state index in [2.05, 4.69) is 12.0 Å². The highest BCUT2D eigenvalue weighted by atomic mass is 16.5. The van der Waals surface area contributed by atoms with Gasteiger partial charge in [-0.05, 0) is 25.0 Å². The Morgan fingerprint density at radius 1 is 1.14 bits per heavy atom. The Labute approximate surface area is 123 Å². The second-order valence-corrected chi connectivity index (χ2v) is 4.57. The SMILES string of the molecule is CCOC(=O)Cn1nc(-c2ccc(CC)cc2)ccc1=O. The lowest BCUT2D eigenvalue weighted by atomic mass is 10.1. The van der Waals surface area contributed by atoms with Crippen molar-refractivity contribution in [2.75, 3.05) is 6.61 Å². The first kappa shape index (κ1) is 15.0. The average molecular weight is 286 g/mol. The van der Waals surface area contributed by atoms with Crippen LogP contribution in [-0.2, 0) is 22.5 Å². The summed E-state index contributed by atoms with van der Waals surface area (Å²) in [5, 5.41) is 4.22. The predicted octanol–water partition coefficient (Wildman–Crippen LogP) is 2.04. The molecular weight excluding hydrogens is 268 g/mol. The number of carbonyl (C=O) groups excluding carboxylic acids is 1. The molecule has 1 aromatic heterocycles. The van der Waals surface area contributed by atoms with Gasteiger partial charge in [0.15, 0.2) is 0 Å². The summed E-state index contributed by atoms with van der Waals surface area (Å²) in [5.41, 5.74) is 2.47. The van der Waals surface area contributed by atoms with E-state index in [1.54, 1.807) is 13.0 Å². The standard InChI is InChI=1S/C16H18N2O3/c1-3-12-5-7-13(8-6-12)14-9-10-15(19)18(17-14)11-16(20)21-4-2/h5-10H,3-4,11H2,1-2H3. The molecule has 0 aliphatic carbocycles. The van der Waals surface area contributed by atoms with Crippen molar-refractivity contribution in [3.63, 3.8) is 0 Å². The van der Waals surface area contributed by atoms with Crippen molar-refractivity contribution in [2.45, 2.75) is 26.8 Å². The van der Waals surface area contributed by atoms with Gasteiger partial charge in [-0.3, -0.25) is 9.59 Å². The lowest BCUT2D eigenvalue weighted by Crippen LogP contribution is -2.27. The number of esters is 1. The fraction of sp³-hybridized carbons (Fsp3) is 0.312. The zero-order valence-electron chi connectivity index (χ0n) is 12.2. The van der Waals surface area contributed by atoms with Gasteiger partial charge in [-0.25, -0.2) is 4.68 Å². The second kappa shape index (κ2) is 6.83. The van der Waals surface area contributed by atoms with Crippen LogP contribution in [0.5, 0.6) is 0 Å². The molecule has 0 N–H and O–H groups in total. The molecule has 0 amide bonds. The van der Waals surface area contributed by atoms with Crippen molar-refractivity contribution >= 4 is 5.97 Å². The molecule has 110 valence electrons. The third kappa shape index (κ3) is 3.78. The second-order valence-electron chi connectivity index (χ2n) is 4.57. The molecule has 1 aromatic carbocycles. The van der Waals surface area contributed by atoms with Gasteiger partial charge in [0.25, 0.3) is 5.56 Å². The van der Waals surface area contributed by atoms with Crippen molar-refractivity contribution in [2.24, 2.45) is 0 Å². The zero-order chi connectivity index (χ0) is 15.2. The normalized spacial score (nSPS) is 10.4. The van der Waals surface area contributed by atoms with Gasteiger partial charge in [-0.2, -0.15) is 5.10 Å². The minimum absolute atomic E-state index is 0.173. The van der Waals surface area contributed by atoms with Crippen LogP contribution < -0.4 is 5.56 Å². The number of rotatable bonds is 5. The number of aromatic nitrogens is 2. The molecule has 0 atom stereocenters. The molecule has 0 saturated carbocycles. The van der Waals surface area contributed by atoms with E-state index in [9.17, 15) is 9.59 Å². The highest BCUT2D eigenvalue weighted by Crippen LogP contribution is 2.16. The molecule has 0 fully saturated rings. The minimum atomic E-state index is -0.467. The summed E-state index contributed by atoms with van der Waals surface area (Å²) in [5.74, 6) is -0.467. The summed E-state index contributed by atoms with van der Waals surface area (Å²) < 4.78 is 5.96. The quantitative estimate of drug-likeness (QED) is 0.789. The summed E-state index contributed by atoms with van der Waals surface area (Å²) in [6, 6.07) is 11.0. The van der Waals surface area contributed by atoms with Gasteiger partial charge in [-0.15, -0.1) is 0 Å². The molecule has 0 aliphatic heterocycles. The van der Waals surface area contributed by atoms with E-state index in [4.69, 9.17) is 4.74 Å². The Morgan fingerprint density at radius 3 is 2.48 bits per heavy atom. The van der Waals surface area contributed by atoms with Crippen LogP contribution in [0.2, 0.25) is 0 Å². The lowest BCUT2D eigenvalue weighted by Gasteiger charge is -2.07. The zero-order valence-corrected chi connectivity index (χ0v) is 12.2. The molecule has 5 nitrogen and oxygen atoms in total. The van der Waals surface area contributed by atoms with Crippen LogP contribution in [0.3, 0.4) is 0 Å². The van der Waals surface area contributed by atoms with Gasteiger partial charge >= 0.3 is 5.97 Å². The maximum atomic E-state index is 11.7. The maximum Gasteiger partial charge on any atom is 0.327 e. The fourth-order valence-corrected chi connectivity index (χ4v) is 1.96. The van der Waals surface area contributed by atoms with Crippen LogP contribution in [-0.4, -0.2) is 22.4 Å². The van der Waals surface area contributed by atoms with Crippen LogP contribution >= 0.6 is 0 Å². The smallest absolute Gasteiger partial charge is 0.327 e. The molecule has 2 rings (SSSR count). The molecule has 21 heavy (non-hydrogen) atoms. The van der Waals surface area contributed by atoms with Gasteiger partial charge in [0.1, 0.15) is 6.54 Å². The van der Waals surface area contributed by atoms with Crippen LogP contribution in [0.1, 0.15) is 19.4 Å². The number of aryl methyl sites for hydroxylation is 1. The van der Waals surface area contributed by atoms with E-state index in [-0.39, 0.29) is 18.7 Å². The summed E-state index contributed by atoms with van der Waals surface area (Å²) in [6.45, 7) is 3.92. The number of nitrogens with zero attached hydrogens (tertiary/aromatic N) is 2. The topological polar surface area (TPSA) is 61.2 Å². The Hall–Kier alpha value is -2.43. The van der Waals surface area contributed by atoms with Crippen molar-refractivity contribution in [3.05, 3.63) is 52.3 Å². The number of ether oxygens (including phenoxy) is 1. The Balaban J connectivity index is 2.28. The number of hydrogen-bond acceptors (Lipinski definition) is 4. The van der Waals surface area contributed by atoms with Crippen molar-refractivity contribution in [1.82, 2.24) is 9.78 Å². The minimum Gasteiger partial charge on any atom is -0.465 e. The van der Waals surface area contributed by atoms with Gasteiger partial charge in [0.2, 0.25) is 0 Å². The summed E-state index contributed by atoms with van der Waals surface area (Å²) in [4.78, 5) is 23.2. The van der Waals surface area contributed by atoms with E-state index >= 15 is 0 Å². The lowest BCUT2D eigenvalue weighted by molar-refractivity contribution is -0.144. The number of hydrogen-bond donors (Lipinski definition) is 0. The van der Waals surface area contributed by atoms with E-state index in [1.807, 2.05) is 24.3 Å². The van der Waals surface area contributed by atoms with Crippen LogP contribution in [0.15, 0.2) is 41.2 Å². The van der Waals surface area contributed by atoms with Crippen LogP contribution in [0.25, 0.3) is 11.3 Å². The van der Waals surface area contributed by atoms with E-state index in [0.29, 0.717) is 5.69 Å². The van der Waals surface area contributed by atoms with Gasteiger partial charge in [0.05, 0.1) is 12.3 Å². The molecule has 0 bridgehead atoms. The number of carbonyl (C=O) groups is 1. The largest absolute Gasteiger partial charge is 0.465 e. The maximum absolute atomic E-state index is 11.7. The van der Waals surface area contributed by atoms with Crippen LogP contribution in [0, 0.1) is 0 Å². The third-order valence-electron chi connectivity index (χ3n) is 3.11. The summed E-state index contributed by atoms with van der Waals surface area (Å²) in [6.07, 6.45) is 0.968. The third-order valence-corrected chi connectivity index (χ3v) is 3.11. The fourth-order valence-electron chi connectivity index (χ4n) is 1.96. The first-order valence-corrected chi connectivity index (χ1v) is 6.97. The molecule has 0 spiro atoms. The van der Waals surface area contributed by atoms with E-state index in [1.165, 1.54) is 11.6 Å². The van der Waals surface area contributed by atoms with Crippen LogP contribution in [0.4, 0.5) is 0 Å². The van der Waals surface area contributed by atoms with Crippen molar-refractivity contribution in [3.8, 4) is 11.3 Å². The van der Waals surface area contributed by atoms with Gasteiger partial charge < -0.3 is 4.74 Å². The van der Waals surface area contributed by atoms with Gasteiger partial charge in [-0.1, -0.05) is 31.2 Å². The Morgan fingerprint density at radius 2 is 1.86 bits per heavy atom. The molecule has 0 saturated heterocycles. The first-order valence-electron chi connectivity index (χ1n) is 6.97. The van der Waals surface area contributed by atoms with Gasteiger partial charge in [0, 0.05) is 11.6 Å². The van der Waals surface area contributed by atoms with E-state index in [0.717, 1.165) is 16.7 Å². The van der Waals surface area contributed by atoms with Crippen molar-refractivity contribution < 1.29 is 9.53 Å². The summed E-state index contributed by atoms with van der Waals surface area (Å²) in [7, 11) is 0. The first-order chi connectivity index (χ1) is 10.1. The molecule has 0 unspecified atom stereocenters. The Kier molecular flexibility index (Phi) is 4.87. The Bertz CT molecular complexity index is 675. The van der Waals surface area contributed by atoms with E-state index < -0.39 is 5.97 Å². The molecule has 0 radical (unpaired) electrons. The predicted molar refractivity (Wildman–Crippen MR) is 79.9 cm³/mol. The highest BCUT2D eigenvalue weighted by Gasteiger charge is 2.08. The molecule has 5 heteroatoms. The molecule has 1 heterocycles. The molecule has 0 aliphatic rings. The van der Waals surface area contributed by atoms with Crippen molar-refractivity contribution in [1.29, 1.82) is 0 Å². The molecular formula is C16H18N2O3. The average Bonchev–Trinajstić information content (AvgIpc) is 2.50.